The summed E-state index contributed by atoms with van der Waals surface area (Å²) in [7, 11) is 1.20. The molecule has 0 fully saturated rings. The second kappa shape index (κ2) is 5.67. The Hall–Kier alpha value is -2.18. The number of hydrogen-bond acceptors (Lipinski definition) is 3. The third-order valence-electron chi connectivity index (χ3n) is 3.21. The number of hydrogen-bond donors (Lipinski definition) is 2. The summed E-state index contributed by atoms with van der Waals surface area (Å²) in [6, 6.07) is 3.32. The van der Waals surface area contributed by atoms with E-state index in [1.54, 1.807) is 6.08 Å². The first-order valence-corrected chi connectivity index (χ1v) is 6.40. The average Bonchev–Trinajstić information content (AvgIpc) is 2.45. The maximum Gasteiger partial charge on any atom is 0.416 e. The molecule has 4 nitrogen and oxygen atoms in total. The Morgan fingerprint density at radius 1 is 1.43 bits per heavy atom. The minimum absolute atomic E-state index is 0.0682. The lowest BCUT2D eigenvalue weighted by Crippen LogP contribution is -2.29. The van der Waals surface area contributed by atoms with Crippen molar-refractivity contribution >= 4 is 17.5 Å². The summed E-state index contributed by atoms with van der Waals surface area (Å²) < 4.78 is 42.9. The van der Waals surface area contributed by atoms with Gasteiger partial charge in [0.05, 0.1) is 18.4 Å². The van der Waals surface area contributed by atoms with E-state index >= 15 is 0 Å². The van der Waals surface area contributed by atoms with Crippen LogP contribution in [0.3, 0.4) is 0 Å². The van der Waals surface area contributed by atoms with Crippen LogP contribution in [0.15, 0.2) is 24.3 Å². The average molecular weight is 300 g/mol. The Labute approximate surface area is 120 Å². The summed E-state index contributed by atoms with van der Waals surface area (Å²) in [6.07, 6.45) is -2.75. The van der Waals surface area contributed by atoms with Gasteiger partial charge in [-0.2, -0.15) is 13.2 Å². The van der Waals surface area contributed by atoms with Crippen LogP contribution in [-0.4, -0.2) is 19.2 Å². The van der Waals surface area contributed by atoms with Gasteiger partial charge >= 0.3 is 12.3 Å². The Bertz CT molecular complexity index is 582. The lowest BCUT2D eigenvalue weighted by atomic mass is 9.98. The third kappa shape index (κ3) is 3.29. The highest BCUT2D eigenvalue weighted by Gasteiger charge is 2.32. The van der Waals surface area contributed by atoms with E-state index < -0.39 is 17.8 Å². The summed E-state index contributed by atoms with van der Waals surface area (Å²) >= 11 is 0. The number of benzene rings is 1. The number of alkyl halides is 3. The van der Waals surface area contributed by atoms with E-state index in [-0.39, 0.29) is 6.04 Å². The van der Waals surface area contributed by atoms with Crippen LogP contribution in [0.5, 0.6) is 0 Å². The maximum absolute atomic E-state index is 12.8. The molecule has 1 aromatic carbocycles. The molecule has 1 aliphatic rings. The number of carbonyl (C=O) groups is 1. The lowest BCUT2D eigenvalue weighted by molar-refractivity contribution is -0.137. The van der Waals surface area contributed by atoms with Crippen LogP contribution in [0.25, 0.3) is 5.70 Å². The number of halogens is 3. The number of anilines is 1. The monoisotopic (exact) mass is 300 g/mol. The van der Waals surface area contributed by atoms with Crippen molar-refractivity contribution < 1.29 is 22.7 Å². The van der Waals surface area contributed by atoms with E-state index in [1.165, 1.54) is 13.2 Å². The van der Waals surface area contributed by atoms with E-state index in [0.29, 0.717) is 16.9 Å². The second-order valence-corrected chi connectivity index (χ2v) is 4.61. The molecule has 0 saturated carbocycles. The van der Waals surface area contributed by atoms with Gasteiger partial charge in [0, 0.05) is 17.3 Å². The van der Waals surface area contributed by atoms with Gasteiger partial charge in [-0.15, -0.1) is 0 Å². The predicted octanol–water partition coefficient (Wildman–Crippen LogP) is 3.61. The first-order valence-electron chi connectivity index (χ1n) is 6.40. The number of nitrogens with one attached hydrogen (secondary N) is 2. The molecule has 114 valence electrons. The molecule has 21 heavy (non-hydrogen) atoms. The molecule has 1 atom stereocenters. The molecule has 0 unspecified atom stereocenters. The van der Waals surface area contributed by atoms with Crippen LogP contribution in [0.1, 0.15) is 24.5 Å². The maximum atomic E-state index is 12.8. The van der Waals surface area contributed by atoms with Gasteiger partial charge in [0.15, 0.2) is 0 Å². The second-order valence-electron chi connectivity index (χ2n) is 4.61. The van der Waals surface area contributed by atoms with Gasteiger partial charge in [-0.1, -0.05) is 6.92 Å². The van der Waals surface area contributed by atoms with E-state index in [9.17, 15) is 18.0 Å². The number of methoxy groups -OCH3 is 1. The van der Waals surface area contributed by atoms with Crippen molar-refractivity contribution in [1.82, 2.24) is 5.32 Å². The summed E-state index contributed by atoms with van der Waals surface area (Å²) in [5, 5.41) is 5.57. The van der Waals surface area contributed by atoms with E-state index in [1.807, 2.05) is 6.92 Å². The number of alkyl carbamates (subject to hydrolysis) is 1. The van der Waals surface area contributed by atoms with Gasteiger partial charge in [-0.3, -0.25) is 5.32 Å². The summed E-state index contributed by atoms with van der Waals surface area (Å²) in [5.41, 5.74) is 0.382. The molecule has 1 heterocycles. The van der Waals surface area contributed by atoms with Gasteiger partial charge in [-0.25, -0.2) is 4.79 Å². The molecule has 0 radical (unpaired) electrons. The topological polar surface area (TPSA) is 50.4 Å². The molecule has 2 rings (SSSR count). The highest BCUT2D eigenvalue weighted by molar-refractivity contribution is 5.88. The molecule has 1 amide bonds. The van der Waals surface area contributed by atoms with Gasteiger partial charge in [0.25, 0.3) is 0 Å². The Balaban J connectivity index is 2.44. The van der Waals surface area contributed by atoms with Crippen molar-refractivity contribution in [3.63, 3.8) is 0 Å². The van der Waals surface area contributed by atoms with Crippen LogP contribution >= 0.6 is 0 Å². The van der Waals surface area contributed by atoms with E-state index in [4.69, 9.17) is 0 Å². The predicted molar refractivity (Wildman–Crippen MR) is 72.7 cm³/mol. The van der Waals surface area contributed by atoms with Crippen molar-refractivity contribution in [2.75, 3.05) is 12.4 Å². The number of rotatable bonds is 2. The minimum Gasteiger partial charge on any atom is -0.453 e. The van der Waals surface area contributed by atoms with Gasteiger partial charge in [0.1, 0.15) is 0 Å². The lowest BCUT2D eigenvalue weighted by Gasteiger charge is -2.26. The fourth-order valence-electron chi connectivity index (χ4n) is 2.09. The molecule has 1 aliphatic heterocycles. The minimum atomic E-state index is -4.44. The molecule has 0 bridgehead atoms. The first-order chi connectivity index (χ1) is 9.85. The van der Waals surface area contributed by atoms with Crippen molar-refractivity contribution in [1.29, 1.82) is 0 Å². The smallest absolute Gasteiger partial charge is 0.416 e. The molecule has 7 heteroatoms. The summed E-state index contributed by atoms with van der Waals surface area (Å²) in [4.78, 5) is 11.3. The fraction of sp³-hybridized carbons (Fsp3) is 0.357. The van der Waals surface area contributed by atoms with Crippen LogP contribution in [-0.2, 0) is 10.9 Å². The van der Waals surface area contributed by atoms with Crippen molar-refractivity contribution in [2.45, 2.75) is 25.6 Å². The molecule has 1 aromatic rings. The van der Waals surface area contributed by atoms with Crippen molar-refractivity contribution in [3.8, 4) is 0 Å². The molecule has 0 saturated heterocycles. The van der Waals surface area contributed by atoms with Gasteiger partial charge in [0.2, 0.25) is 0 Å². The van der Waals surface area contributed by atoms with Crippen LogP contribution in [0.2, 0.25) is 0 Å². The highest BCUT2D eigenvalue weighted by atomic mass is 19.4. The first kappa shape index (κ1) is 15.2. The molecule has 0 aromatic heterocycles. The molecule has 0 aliphatic carbocycles. The van der Waals surface area contributed by atoms with Crippen LogP contribution in [0.4, 0.5) is 23.7 Å². The van der Waals surface area contributed by atoms with Crippen molar-refractivity contribution in [2.24, 2.45) is 0 Å². The largest absolute Gasteiger partial charge is 0.453 e. The number of ether oxygens (including phenoxy) is 1. The SMILES string of the molecule is CC[C@H]1C=C(NC(=O)OC)c2cc(C(F)(F)F)ccc2N1. The molecular weight excluding hydrogens is 285 g/mol. The van der Waals surface area contributed by atoms with E-state index in [0.717, 1.165) is 18.6 Å². The van der Waals surface area contributed by atoms with E-state index in [2.05, 4.69) is 15.4 Å². The third-order valence-corrected chi connectivity index (χ3v) is 3.21. The van der Waals surface area contributed by atoms with Gasteiger partial charge in [-0.05, 0) is 30.7 Å². The summed E-state index contributed by atoms with van der Waals surface area (Å²) in [5.74, 6) is 0. The van der Waals surface area contributed by atoms with Gasteiger partial charge < -0.3 is 10.1 Å². The van der Waals surface area contributed by atoms with Crippen LogP contribution < -0.4 is 10.6 Å². The standard InChI is InChI=1S/C14H15F3N2O2/c1-3-9-7-12(19-13(20)21-2)10-6-8(14(15,16)17)4-5-11(10)18-9/h4-7,9,18H,3H2,1-2H3,(H,19,20)/t9-/m0/s1. The Morgan fingerprint density at radius 2 is 2.14 bits per heavy atom. The normalized spacial score (nSPS) is 17.4. The number of amides is 1. The van der Waals surface area contributed by atoms with Crippen molar-refractivity contribution in [3.05, 3.63) is 35.4 Å². The van der Waals surface area contributed by atoms with Crippen LogP contribution in [0, 0.1) is 0 Å². The number of fused-ring (bicyclic) bond motifs is 1. The molecular formula is C14H15F3N2O2. The Kier molecular flexibility index (Phi) is 4.11. The molecule has 0 spiro atoms. The molecule has 2 N–H and O–H groups in total. The fourth-order valence-corrected chi connectivity index (χ4v) is 2.09. The Morgan fingerprint density at radius 3 is 2.71 bits per heavy atom. The number of carbonyl (C=O) groups excluding carboxylic acids is 1. The highest BCUT2D eigenvalue weighted by Crippen LogP contribution is 2.36. The zero-order valence-corrected chi connectivity index (χ0v) is 11.5. The zero-order chi connectivity index (χ0) is 15.6. The zero-order valence-electron chi connectivity index (χ0n) is 11.5. The quantitative estimate of drug-likeness (QED) is 0.877. The summed E-state index contributed by atoms with van der Waals surface area (Å²) in [6.45, 7) is 1.93.